The molecule has 0 saturated heterocycles. The van der Waals surface area contributed by atoms with E-state index in [9.17, 15) is 59.4 Å². The van der Waals surface area contributed by atoms with Crippen LogP contribution < -0.4 is 10.6 Å². The maximum atomic E-state index is 12.2. The molecular formula is C47H74N10O12. The van der Waals surface area contributed by atoms with Gasteiger partial charge in [0, 0.05) is 85.2 Å². The number of aliphatic carboxylic acids is 6. The first kappa shape index (κ1) is 56.4. The number of aromatic nitrogens is 2. The Kier molecular flexibility index (Phi) is 22.3. The highest BCUT2D eigenvalue weighted by Crippen LogP contribution is 2.20. The summed E-state index contributed by atoms with van der Waals surface area (Å²) in [5.74, 6) is -6.07. The van der Waals surface area contributed by atoms with E-state index in [4.69, 9.17) is 9.97 Å². The van der Waals surface area contributed by atoms with E-state index in [1.807, 2.05) is 24.3 Å². The fraction of sp³-hybridized carbons (Fsp3) is 0.660. The smallest absolute Gasteiger partial charge is 0.320 e. The summed E-state index contributed by atoms with van der Waals surface area (Å²) in [6.45, 7) is 14.4. The van der Waals surface area contributed by atoms with Crippen molar-refractivity contribution in [1.82, 2.24) is 50.0 Å². The predicted molar refractivity (Wildman–Crippen MR) is 253 cm³/mol. The molecule has 2 aromatic rings. The lowest BCUT2D eigenvalue weighted by molar-refractivity contribution is -0.146. The van der Waals surface area contributed by atoms with Gasteiger partial charge in [0.05, 0.1) is 22.8 Å². The molecule has 2 aromatic heterocycles. The fourth-order valence-corrected chi connectivity index (χ4v) is 8.58. The third-order valence-corrected chi connectivity index (χ3v) is 13.5. The molecule has 0 radical (unpaired) electrons. The number of carboxylic acid groups (broad SMARTS) is 6. The molecule has 0 aliphatic carbocycles. The summed E-state index contributed by atoms with van der Waals surface area (Å²) in [4.78, 5) is 92.9. The summed E-state index contributed by atoms with van der Waals surface area (Å²) in [6, 6.07) is 2.64. The third-order valence-electron chi connectivity index (χ3n) is 13.5. The van der Waals surface area contributed by atoms with Gasteiger partial charge in [0.25, 0.3) is 0 Å². The molecule has 69 heavy (non-hydrogen) atoms. The number of rotatable bonds is 22. The van der Waals surface area contributed by atoms with Gasteiger partial charge in [0.15, 0.2) is 0 Å². The van der Waals surface area contributed by atoms with Crippen molar-refractivity contribution < 1.29 is 59.4 Å². The number of nitrogens with one attached hydrogen (secondary N) is 2. The van der Waals surface area contributed by atoms with E-state index in [1.54, 1.807) is 70.9 Å². The van der Waals surface area contributed by atoms with Crippen LogP contribution in [0.2, 0.25) is 0 Å². The number of aryl methyl sites for hydroxylation is 2. The largest absolute Gasteiger partial charge is 0.480 e. The Morgan fingerprint density at radius 1 is 0.420 bits per heavy atom. The van der Waals surface area contributed by atoms with Crippen molar-refractivity contribution >= 4 is 35.8 Å². The van der Waals surface area contributed by atoms with Crippen LogP contribution in [0.5, 0.6) is 0 Å². The number of hydrogen-bond acceptors (Lipinski definition) is 16. The number of carboxylic acids is 6. The lowest BCUT2D eigenvalue weighted by Crippen LogP contribution is -2.50. The van der Waals surface area contributed by atoms with E-state index in [0.717, 1.165) is 24.0 Å². The van der Waals surface area contributed by atoms with Crippen LogP contribution in [0.1, 0.15) is 88.3 Å². The zero-order chi connectivity index (χ0) is 50.9. The minimum Gasteiger partial charge on any atom is -0.480 e. The van der Waals surface area contributed by atoms with Crippen LogP contribution in [0.25, 0.3) is 0 Å². The molecule has 0 amide bonds. The van der Waals surface area contributed by atoms with E-state index >= 15 is 0 Å². The molecule has 6 unspecified atom stereocenters. The molecule has 22 heteroatoms. The number of carbonyl (C=O) groups is 6. The number of hydrogen-bond donors (Lipinski definition) is 8. The summed E-state index contributed by atoms with van der Waals surface area (Å²) in [7, 11) is 0. The molecule has 0 spiro atoms. The van der Waals surface area contributed by atoms with Gasteiger partial charge in [0.1, 0.15) is 36.3 Å². The highest BCUT2D eigenvalue weighted by Gasteiger charge is 2.31. The van der Waals surface area contributed by atoms with E-state index in [-0.39, 0.29) is 78.5 Å². The van der Waals surface area contributed by atoms with Crippen LogP contribution in [-0.4, -0.2) is 214 Å². The highest BCUT2D eigenvalue weighted by atomic mass is 16.4. The molecule has 4 rings (SSSR count). The van der Waals surface area contributed by atoms with Crippen LogP contribution in [0, 0.1) is 0 Å². The van der Waals surface area contributed by atoms with Crippen molar-refractivity contribution in [3.63, 3.8) is 0 Å². The van der Waals surface area contributed by atoms with Crippen LogP contribution in [0.4, 0.5) is 0 Å². The van der Waals surface area contributed by atoms with Gasteiger partial charge in [-0.05, 0) is 116 Å². The van der Waals surface area contributed by atoms with Crippen molar-refractivity contribution in [2.45, 2.75) is 130 Å². The third kappa shape index (κ3) is 17.6. The van der Waals surface area contributed by atoms with Gasteiger partial charge in [-0.1, -0.05) is 0 Å². The average Bonchev–Trinajstić information content (AvgIpc) is 3.29. The van der Waals surface area contributed by atoms with Gasteiger partial charge in [0.2, 0.25) is 0 Å². The van der Waals surface area contributed by atoms with Crippen LogP contribution in [-0.2, 0) is 67.8 Å². The fourth-order valence-electron chi connectivity index (χ4n) is 8.58. The molecule has 4 heterocycles. The summed E-state index contributed by atoms with van der Waals surface area (Å²) < 4.78 is 0. The minimum absolute atomic E-state index is 0.210. The van der Waals surface area contributed by atoms with Crippen molar-refractivity contribution in [3.05, 3.63) is 58.2 Å². The Bertz CT molecular complexity index is 1820. The molecule has 4 bridgehead atoms. The predicted octanol–water partition coefficient (Wildman–Crippen LogP) is 0.857. The van der Waals surface area contributed by atoms with Gasteiger partial charge < -0.3 is 41.3 Å². The molecule has 2 aliphatic heterocycles. The number of pyridine rings is 2. The zero-order valence-corrected chi connectivity index (χ0v) is 40.9. The van der Waals surface area contributed by atoms with E-state index < -0.39 is 72.1 Å². The van der Waals surface area contributed by atoms with Crippen LogP contribution in [0.3, 0.4) is 0 Å². The Morgan fingerprint density at radius 3 is 0.870 bits per heavy atom. The zero-order valence-electron chi connectivity index (χ0n) is 40.9. The maximum Gasteiger partial charge on any atom is 0.320 e. The molecule has 2 aliphatic rings. The second-order valence-electron chi connectivity index (χ2n) is 18.3. The van der Waals surface area contributed by atoms with E-state index in [1.165, 1.54) is 0 Å². The van der Waals surface area contributed by atoms with Gasteiger partial charge in [-0.25, -0.2) is 0 Å². The minimum atomic E-state index is -1.02. The lowest BCUT2D eigenvalue weighted by atomic mass is 10.1. The Labute approximate surface area is 404 Å². The molecule has 0 aromatic carbocycles. The first-order valence-corrected chi connectivity index (χ1v) is 23.8. The Hall–Kier alpha value is -5.20. The van der Waals surface area contributed by atoms with E-state index in [2.05, 4.69) is 10.6 Å². The molecule has 22 nitrogen and oxygen atoms in total. The average molecular weight is 971 g/mol. The number of nitrogens with zero attached hydrogens (tertiary/aromatic N) is 8. The van der Waals surface area contributed by atoms with Gasteiger partial charge in [-0.3, -0.25) is 68.1 Å². The van der Waals surface area contributed by atoms with Gasteiger partial charge in [-0.2, -0.15) is 0 Å². The van der Waals surface area contributed by atoms with E-state index in [0.29, 0.717) is 55.4 Å². The standard InChI is InChI=1S/C47H74N10O12/c1-30(42(58)59)52-13-17-54(32(3)44(62)63)25-38-21-36(22-39(50-38)26-55(18-14-52)33(4)45(64)65)9-7-11-48-29-49-12-8-10-37-23-40-27-56(34(5)46(66)67)19-15-53(31(2)43(60)61)16-20-57(35(6)47(68)69)28-41(24-37)51-40/h21-24,30-35,48-49H,7-20,25-29H2,1-6H3,(H,58,59)(H,60,61)(H,62,63)(H,64,65)(H,66,67)(H,68,69). The maximum absolute atomic E-state index is 12.2. The summed E-state index contributed by atoms with van der Waals surface area (Å²) in [6.07, 6.45) is 2.90. The molecule has 0 fully saturated rings. The molecular weight excluding hydrogens is 897 g/mol. The van der Waals surface area contributed by atoms with Crippen molar-refractivity contribution in [2.24, 2.45) is 0 Å². The summed E-state index contributed by atoms with van der Waals surface area (Å²) in [5.41, 5.74) is 4.55. The first-order valence-electron chi connectivity index (χ1n) is 23.8. The van der Waals surface area contributed by atoms with Crippen molar-refractivity contribution in [2.75, 3.05) is 72.1 Å². The van der Waals surface area contributed by atoms with Crippen molar-refractivity contribution in [1.29, 1.82) is 0 Å². The molecule has 6 atom stereocenters. The monoisotopic (exact) mass is 971 g/mol. The van der Waals surface area contributed by atoms with Crippen molar-refractivity contribution in [3.8, 4) is 0 Å². The second-order valence-corrected chi connectivity index (χ2v) is 18.3. The van der Waals surface area contributed by atoms with Crippen LogP contribution >= 0.6 is 0 Å². The molecule has 8 N–H and O–H groups in total. The Balaban J connectivity index is 1.39. The summed E-state index contributed by atoms with van der Waals surface area (Å²) >= 11 is 0. The summed E-state index contributed by atoms with van der Waals surface area (Å²) in [5, 5.41) is 66.2. The van der Waals surface area contributed by atoms with Gasteiger partial charge >= 0.3 is 35.8 Å². The lowest BCUT2D eigenvalue weighted by Gasteiger charge is -2.35. The first-order chi connectivity index (χ1) is 32.6. The quantitative estimate of drug-likeness (QED) is 0.0600. The topological polar surface area (TPSA) is 293 Å². The van der Waals surface area contributed by atoms with Gasteiger partial charge in [-0.15, -0.1) is 0 Å². The second kappa shape index (κ2) is 27.3. The number of fused-ring (bicyclic) bond motifs is 4. The van der Waals surface area contributed by atoms with Crippen LogP contribution in [0.15, 0.2) is 24.3 Å². The normalized spacial score (nSPS) is 19.6. The SMILES string of the molecule is CC(C(=O)O)N1CCN(C(C)C(=O)O)Cc2cc(CCCNCNCCCc3cc4nc(c3)CN(C(C)C(=O)O)CCN(C(C)C(=O)O)CCN(C(C)C(=O)O)C4)cc(n2)CN(C(C)C(=O)O)CC1. The Morgan fingerprint density at radius 2 is 0.638 bits per heavy atom. The highest BCUT2D eigenvalue weighted by molar-refractivity contribution is 5.75. The molecule has 0 saturated carbocycles. The molecule has 384 valence electrons.